The first-order chi connectivity index (χ1) is 16.0. The largest absolute Gasteiger partial charge is 0.462 e. The lowest BCUT2D eigenvalue weighted by Crippen LogP contribution is -2.48. The number of ether oxygens (including phenoxy) is 4. The van der Waals surface area contributed by atoms with Crippen molar-refractivity contribution in [3.8, 4) is 0 Å². The van der Waals surface area contributed by atoms with E-state index >= 15 is 0 Å². The zero-order chi connectivity index (χ0) is 27.4. The van der Waals surface area contributed by atoms with E-state index in [2.05, 4.69) is 13.2 Å². The van der Waals surface area contributed by atoms with Crippen molar-refractivity contribution in [2.75, 3.05) is 13.2 Å². The van der Waals surface area contributed by atoms with Crippen LogP contribution in [0.25, 0.3) is 0 Å². The lowest BCUT2D eigenvalue weighted by molar-refractivity contribution is -0.185. The Morgan fingerprint density at radius 1 is 0.629 bits per heavy atom. The van der Waals surface area contributed by atoms with E-state index in [0.717, 1.165) is 12.8 Å². The van der Waals surface area contributed by atoms with Crippen LogP contribution in [-0.2, 0) is 38.1 Å². The van der Waals surface area contributed by atoms with Crippen LogP contribution in [0, 0.1) is 5.41 Å². The Morgan fingerprint density at radius 2 is 0.943 bits per heavy atom. The molecule has 0 aliphatic rings. The summed E-state index contributed by atoms with van der Waals surface area (Å²) in [4.78, 5) is 52.2. The number of carbonyl (C=O) groups excluding carboxylic acids is 4. The lowest BCUT2D eigenvalue weighted by atomic mass is 9.76. The Hall–Kier alpha value is -2.64. The molecule has 0 spiro atoms. The van der Waals surface area contributed by atoms with Gasteiger partial charge in [0.1, 0.15) is 11.2 Å². The molecule has 0 saturated heterocycles. The van der Waals surface area contributed by atoms with E-state index in [1.54, 1.807) is 41.5 Å². The number of hydrogen-bond acceptors (Lipinski definition) is 8. The van der Waals surface area contributed by atoms with Crippen LogP contribution in [0.4, 0.5) is 0 Å². The molecule has 0 aromatic rings. The van der Waals surface area contributed by atoms with Crippen molar-refractivity contribution >= 4 is 23.9 Å². The minimum atomic E-state index is -2.09. The fourth-order valence-corrected chi connectivity index (χ4v) is 2.88. The Labute approximate surface area is 210 Å². The molecule has 0 unspecified atom stereocenters. The molecule has 0 atom stereocenters. The van der Waals surface area contributed by atoms with Crippen molar-refractivity contribution in [3.63, 3.8) is 0 Å². The highest BCUT2D eigenvalue weighted by Gasteiger charge is 2.53. The van der Waals surface area contributed by atoms with E-state index in [9.17, 15) is 19.2 Å². The third-order valence-corrected chi connectivity index (χ3v) is 4.65. The zero-order valence-electron chi connectivity index (χ0n) is 22.8. The molecular formula is C27H44O8. The van der Waals surface area contributed by atoms with Gasteiger partial charge in [-0.3, -0.25) is 9.59 Å². The second-order valence-corrected chi connectivity index (χ2v) is 10.6. The number of rotatable bonds is 14. The van der Waals surface area contributed by atoms with Crippen molar-refractivity contribution < 1.29 is 38.1 Å². The van der Waals surface area contributed by atoms with Gasteiger partial charge in [-0.25, -0.2) is 9.59 Å². The maximum Gasteiger partial charge on any atom is 0.333 e. The van der Waals surface area contributed by atoms with Gasteiger partial charge in [0.25, 0.3) is 0 Å². The summed E-state index contributed by atoms with van der Waals surface area (Å²) in [5.41, 5.74) is -4.26. The summed E-state index contributed by atoms with van der Waals surface area (Å²) in [6.45, 7) is 21.6. The highest BCUT2D eigenvalue weighted by atomic mass is 16.6. The lowest BCUT2D eigenvalue weighted by Gasteiger charge is -2.35. The van der Waals surface area contributed by atoms with E-state index in [1.165, 1.54) is 0 Å². The van der Waals surface area contributed by atoms with E-state index in [4.69, 9.17) is 18.9 Å². The van der Waals surface area contributed by atoms with Gasteiger partial charge in [0.15, 0.2) is 5.41 Å². The first-order valence-corrected chi connectivity index (χ1v) is 12.2. The average molecular weight is 497 g/mol. The summed E-state index contributed by atoms with van der Waals surface area (Å²) in [5.74, 6) is -3.40. The summed E-state index contributed by atoms with van der Waals surface area (Å²) < 4.78 is 21.6. The number of carbonyl (C=O) groups is 4. The van der Waals surface area contributed by atoms with Crippen molar-refractivity contribution in [2.45, 2.75) is 105 Å². The SMILES string of the molecule is C=C(CC(CC(=C)C(=O)OCCCC)(C(=O)OC(C)(C)C)C(=O)OC(C)(C)C)C(=O)OCCCC. The fraction of sp³-hybridized carbons (Fsp3) is 0.704. The highest BCUT2D eigenvalue weighted by molar-refractivity contribution is 6.04. The molecule has 0 bridgehead atoms. The zero-order valence-corrected chi connectivity index (χ0v) is 22.8. The Morgan fingerprint density at radius 3 is 1.20 bits per heavy atom. The van der Waals surface area contributed by atoms with E-state index in [-0.39, 0.29) is 24.4 Å². The molecule has 0 aromatic carbocycles. The van der Waals surface area contributed by atoms with Crippen molar-refractivity contribution in [1.29, 1.82) is 0 Å². The minimum absolute atomic E-state index is 0.120. The number of hydrogen-bond donors (Lipinski definition) is 0. The minimum Gasteiger partial charge on any atom is -0.462 e. The summed E-state index contributed by atoms with van der Waals surface area (Å²) in [6, 6.07) is 0. The van der Waals surface area contributed by atoms with Crippen LogP contribution in [0.5, 0.6) is 0 Å². The van der Waals surface area contributed by atoms with Crippen LogP contribution in [0.2, 0.25) is 0 Å². The quantitative estimate of drug-likeness (QED) is 0.106. The van der Waals surface area contributed by atoms with Crippen LogP contribution in [-0.4, -0.2) is 48.3 Å². The Bertz CT molecular complexity index is 714. The number of esters is 4. The topological polar surface area (TPSA) is 105 Å². The molecule has 8 heteroatoms. The highest BCUT2D eigenvalue weighted by Crippen LogP contribution is 2.39. The molecule has 0 saturated carbocycles. The molecule has 0 aliphatic carbocycles. The summed E-state index contributed by atoms with van der Waals surface area (Å²) in [7, 11) is 0. The molecule has 0 aromatic heterocycles. The average Bonchev–Trinajstić information content (AvgIpc) is 2.70. The van der Waals surface area contributed by atoms with Gasteiger partial charge in [-0.2, -0.15) is 0 Å². The van der Waals surface area contributed by atoms with Gasteiger partial charge in [-0.15, -0.1) is 0 Å². The molecule has 200 valence electrons. The van der Waals surface area contributed by atoms with Gasteiger partial charge >= 0.3 is 23.9 Å². The predicted octanol–water partition coefficient (Wildman–Crippen LogP) is 5.24. The first-order valence-electron chi connectivity index (χ1n) is 12.2. The molecule has 0 heterocycles. The molecule has 8 nitrogen and oxygen atoms in total. The Kier molecular flexibility index (Phi) is 13.0. The van der Waals surface area contributed by atoms with Crippen LogP contribution in [0.15, 0.2) is 24.3 Å². The second kappa shape index (κ2) is 14.0. The van der Waals surface area contributed by atoms with Crippen LogP contribution < -0.4 is 0 Å². The van der Waals surface area contributed by atoms with Crippen LogP contribution in [0.3, 0.4) is 0 Å². The van der Waals surface area contributed by atoms with E-state index in [0.29, 0.717) is 12.8 Å². The van der Waals surface area contributed by atoms with Crippen molar-refractivity contribution in [3.05, 3.63) is 24.3 Å². The maximum atomic E-state index is 13.5. The monoisotopic (exact) mass is 496 g/mol. The molecular weight excluding hydrogens is 452 g/mol. The molecule has 0 fully saturated rings. The molecule has 35 heavy (non-hydrogen) atoms. The van der Waals surface area contributed by atoms with Gasteiger partial charge in [-0.1, -0.05) is 39.8 Å². The van der Waals surface area contributed by atoms with Gasteiger partial charge in [0, 0.05) is 24.0 Å². The predicted molar refractivity (Wildman–Crippen MR) is 133 cm³/mol. The fourth-order valence-electron chi connectivity index (χ4n) is 2.88. The van der Waals surface area contributed by atoms with Gasteiger partial charge in [0.2, 0.25) is 0 Å². The molecule has 0 amide bonds. The summed E-state index contributed by atoms with van der Waals surface area (Å²) in [5, 5.41) is 0. The van der Waals surface area contributed by atoms with Gasteiger partial charge < -0.3 is 18.9 Å². The van der Waals surface area contributed by atoms with Crippen LogP contribution in [0.1, 0.15) is 93.9 Å². The molecule has 0 N–H and O–H groups in total. The molecule has 0 rings (SSSR count). The first kappa shape index (κ1) is 32.4. The van der Waals surface area contributed by atoms with Crippen molar-refractivity contribution in [1.82, 2.24) is 0 Å². The van der Waals surface area contributed by atoms with Gasteiger partial charge in [0.05, 0.1) is 13.2 Å². The third kappa shape index (κ3) is 12.1. The Balaban J connectivity index is 6.35. The van der Waals surface area contributed by atoms with Gasteiger partial charge in [-0.05, 0) is 54.4 Å². The van der Waals surface area contributed by atoms with Crippen molar-refractivity contribution in [2.24, 2.45) is 5.41 Å². The summed E-state index contributed by atoms with van der Waals surface area (Å²) in [6.07, 6.45) is 2.01. The standard InChI is InChI=1S/C27H44O8/c1-11-13-15-32-21(28)19(3)17-27(23(30)34-25(5,6)7,24(31)35-26(8,9)10)18-20(4)22(29)33-16-14-12-2/h3-4,11-18H2,1-2,5-10H3. The van der Waals surface area contributed by atoms with E-state index in [1.807, 2.05) is 13.8 Å². The molecule has 0 radical (unpaired) electrons. The van der Waals surface area contributed by atoms with Crippen LogP contribution >= 0.6 is 0 Å². The molecule has 0 aliphatic heterocycles. The third-order valence-electron chi connectivity index (χ3n) is 4.65. The van der Waals surface area contributed by atoms with E-state index < -0.39 is 53.3 Å². The normalized spacial score (nSPS) is 11.9. The smallest absolute Gasteiger partial charge is 0.333 e. The maximum absolute atomic E-state index is 13.5. The number of unbranched alkanes of at least 4 members (excludes halogenated alkanes) is 2. The second-order valence-electron chi connectivity index (χ2n) is 10.6. The summed E-state index contributed by atoms with van der Waals surface area (Å²) >= 11 is 0.